The summed E-state index contributed by atoms with van der Waals surface area (Å²) in [6, 6.07) is 10.0. The summed E-state index contributed by atoms with van der Waals surface area (Å²) in [4.78, 5) is 0. The molecule has 1 atom stereocenters. The van der Waals surface area contributed by atoms with Crippen LogP contribution in [0.15, 0.2) is 36.4 Å². The highest BCUT2D eigenvalue weighted by Gasteiger charge is 2.26. The third-order valence-corrected chi connectivity index (χ3v) is 3.12. The van der Waals surface area contributed by atoms with Crippen molar-refractivity contribution in [2.75, 3.05) is 0 Å². The first kappa shape index (κ1) is 11.1. The van der Waals surface area contributed by atoms with Gasteiger partial charge in [-0.2, -0.15) is 0 Å². The van der Waals surface area contributed by atoms with Crippen LogP contribution < -0.4 is 0 Å². The molecule has 0 saturated carbocycles. The molecule has 0 saturated heterocycles. The average Bonchev–Trinajstić information content (AvgIpc) is 2.79. The van der Waals surface area contributed by atoms with Crippen molar-refractivity contribution in [3.8, 4) is 0 Å². The van der Waals surface area contributed by atoms with E-state index in [-0.39, 0.29) is 5.56 Å². The molecule has 1 radical (unpaired) electrons. The summed E-state index contributed by atoms with van der Waals surface area (Å²) in [6.45, 7) is 0. The van der Waals surface area contributed by atoms with Crippen LogP contribution in [0.2, 0.25) is 0 Å². The van der Waals surface area contributed by atoms with Gasteiger partial charge in [0.2, 0.25) is 0 Å². The molecular formula is C15H8F3. The van der Waals surface area contributed by atoms with Crippen LogP contribution in [0, 0.1) is 23.5 Å². The molecule has 0 heterocycles. The fraction of sp³-hybridized carbons (Fsp3) is 0.0667. The molecule has 1 aliphatic rings. The van der Waals surface area contributed by atoms with Gasteiger partial charge in [0.15, 0.2) is 11.6 Å². The molecule has 1 aliphatic carbocycles. The third kappa shape index (κ3) is 1.55. The minimum Gasteiger partial charge on any atom is -0.207 e. The van der Waals surface area contributed by atoms with Crippen molar-refractivity contribution in [1.29, 1.82) is 0 Å². The standard InChI is InChI=1S/C15H8F3/c16-12-7-8-13(17)15(18)14(12)11-6-5-9-3-1-2-4-10(9)11/h1-7,11H. The summed E-state index contributed by atoms with van der Waals surface area (Å²) in [5, 5.41) is 0. The van der Waals surface area contributed by atoms with Gasteiger partial charge < -0.3 is 0 Å². The topological polar surface area (TPSA) is 0 Å². The number of benzene rings is 2. The molecule has 0 aliphatic heterocycles. The zero-order valence-electron chi connectivity index (χ0n) is 9.25. The van der Waals surface area contributed by atoms with E-state index in [2.05, 4.69) is 0 Å². The van der Waals surface area contributed by atoms with Crippen LogP contribution in [0.3, 0.4) is 0 Å². The zero-order chi connectivity index (χ0) is 12.7. The molecule has 0 spiro atoms. The summed E-state index contributed by atoms with van der Waals surface area (Å²) in [5.41, 5.74) is 1.42. The SMILES string of the molecule is Fc1[c]cc(F)c(C2C=Cc3ccccc32)c1F. The van der Waals surface area contributed by atoms with Crippen LogP contribution in [0.25, 0.3) is 6.08 Å². The van der Waals surface area contributed by atoms with Crippen molar-refractivity contribution >= 4 is 6.08 Å². The first-order chi connectivity index (χ1) is 8.68. The maximum atomic E-state index is 13.7. The molecule has 2 aromatic carbocycles. The lowest BCUT2D eigenvalue weighted by molar-refractivity contribution is 0.477. The summed E-state index contributed by atoms with van der Waals surface area (Å²) in [6.07, 6.45) is 3.46. The molecule has 0 amide bonds. The van der Waals surface area contributed by atoms with E-state index in [9.17, 15) is 13.2 Å². The first-order valence-electron chi connectivity index (χ1n) is 5.50. The number of fused-ring (bicyclic) bond motifs is 1. The quantitative estimate of drug-likeness (QED) is 0.664. The van der Waals surface area contributed by atoms with E-state index < -0.39 is 23.4 Å². The molecule has 89 valence electrons. The Bertz CT molecular complexity index is 644. The van der Waals surface area contributed by atoms with E-state index in [0.717, 1.165) is 17.2 Å². The molecule has 0 bridgehead atoms. The van der Waals surface area contributed by atoms with Gasteiger partial charge in [-0.3, -0.25) is 0 Å². The number of hydrogen-bond donors (Lipinski definition) is 0. The van der Waals surface area contributed by atoms with E-state index in [4.69, 9.17) is 0 Å². The Kier molecular flexibility index (Phi) is 2.47. The van der Waals surface area contributed by atoms with Gasteiger partial charge >= 0.3 is 0 Å². The minimum atomic E-state index is -1.17. The second-order valence-electron chi connectivity index (χ2n) is 4.14. The minimum absolute atomic E-state index is 0.257. The van der Waals surface area contributed by atoms with E-state index in [1.807, 2.05) is 18.2 Å². The molecule has 3 heteroatoms. The van der Waals surface area contributed by atoms with Crippen LogP contribution in [0.1, 0.15) is 22.6 Å². The highest BCUT2D eigenvalue weighted by atomic mass is 19.2. The molecule has 0 fully saturated rings. The molecule has 18 heavy (non-hydrogen) atoms. The molecule has 3 rings (SSSR count). The normalized spacial score (nSPS) is 16.9. The van der Waals surface area contributed by atoms with Gasteiger partial charge in [-0.25, -0.2) is 13.2 Å². The Morgan fingerprint density at radius 1 is 1.06 bits per heavy atom. The van der Waals surface area contributed by atoms with Gasteiger partial charge in [-0.05, 0) is 17.2 Å². The number of allylic oxidation sites excluding steroid dienone is 1. The van der Waals surface area contributed by atoms with Crippen molar-refractivity contribution in [2.24, 2.45) is 0 Å². The highest BCUT2D eigenvalue weighted by molar-refractivity contribution is 5.65. The lowest BCUT2D eigenvalue weighted by Gasteiger charge is -2.13. The largest absolute Gasteiger partial charge is 0.207 e. The average molecular weight is 245 g/mol. The van der Waals surface area contributed by atoms with Crippen molar-refractivity contribution < 1.29 is 13.2 Å². The summed E-state index contributed by atoms with van der Waals surface area (Å²) in [5.74, 6) is -3.67. The van der Waals surface area contributed by atoms with Gasteiger partial charge in [-0.15, -0.1) is 0 Å². The molecule has 1 unspecified atom stereocenters. The highest BCUT2D eigenvalue weighted by Crippen LogP contribution is 2.37. The van der Waals surface area contributed by atoms with Gasteiger partial charge in [0, 0.05) is 17.5 Å². The Morgan fingerprint density at radius 3 is 2.67 bits per heavy atom. The van der Waals surface area contributed by atoms with Crippen LogP contribution in [-0.2, 0) is 0 Å². The van der Waals surface area contributed by atoms with Crippen molar-refractivity contribution in [3.63, 3.8) is 0 Å². The smallest absolute Gasteiger partial charge is 0.167 e. The first-order valence-corrected chi connectivity index (χ1v) is 5.50. The summed E-state index contributed by atoms with van der Waals surface area (Å²) >= 11 is 0. The lowest BCUT2D eigenvalue weighted by atomic mass is 9.92. The van der Waals surface area contributed by atoms with Gasteiger partial charge in [0.25, 0.3) is 0 Å². The van der Waals surface area contributed by atoms with Gasteiger partial charge in [0.05, 0.1) is 0 Å². The van der Waals surface area contributed by atoms with Gasteiger partial charge in [0.1, 0.15) is 5.82 Å². The second kappa shape index (κ2) is 4.02. The molecule has 0 aromatic heterocycles. The fourth-order valence-electron chi connectivity index (χ4n) is 2.28. The van der Waals surface area contributed by atoms with E-state index in [1.165, 1.54) is 0 Å². The molecule has 0 N–H and O–H groups in total. The number of rotatable bonds is 1. The Balaban J connectivity index is 2.19. The Morgan fingerprint density at radius 2 is 1.83 bits per heavy atom. The lowest BCUT2D eigenvalue weighted by Crippen LogP contribution is -2.05. The van der Waals surface area contributed by atoms with Crippen LogP contribution >= 0.6 is 0 Å². The molecule has 2 aromatic rings. The number of halogens is 3. The summed E-state index contributed by atoms with van der Waals surface area (Å²) in [7, 11) is 0. The predicted octanol–water partition coefficient (Wildman–Crippen LogP) is 4.06. The third-order valence-electron chi connectivity index (χ3n) is 3.12. The zero-order valence-corrected chi connectivity index (χ0v) is 9.25. The molecular weight excluding hydrogens is 237 g/mol. The van der Waals surface area contributed by atoms with Crippen molar-refractivity contribution in [3.05, 3.63) is 76.6 Å². The summed E-state index contributed by atoms with van der Waals surface area (Å²) < 4.78 is 40.6. The maximum absolute atomic E-state index is 13.7. The molecule has 0 nitrogen and oxygen atoms in total. The Hall–Kier alpha value is -2.03. The monoisotopic (exact) mass is 245 g/mol. The predicted molar refractivity (Wildman–Crippen MR) is 62.5 cm³/mol. The van der Waals surface area contributed by atoms with Crippen molar-refractivity contribution in [2.45, 2.75) is 5.92 Å². The van der Waals surface area contributed by atoms with E-state index in [0.29, 0.717) is 0 Å². The second-order valence-corrected chi connectivity index (χ2v) is 4.14. The van der Waals surface area contributed by atoms with Gasteiger partial charge in [-0.1, -0.05) is 36.4 Å². The Labute approximate surface area is 102 Å². The van der Waals surface area contributed by atoms with E-state index >= 15 is 0 Å². The van der Waals surface area contributed by atoms with Crippen molar-refractivity contribution in [1.82, 2.24) is 0 Å². The number of hydrogen-bond acceptors (Lipinski definition) is 0. The maximum Gasteiger partial charge on any atom is 0.167 e. The van der Waals surface area contributed by atoms with E-state index in [1.54, 1.807) is 24.3 Å². The fourth-order valence-corrected chi connectivity index (χ4v) is 2.28. The van der Waals surface area contributed by atoms with Crippen LogP contribution in [-0.4, -0.2) is 0 Å². The van der Waals surface area contributed by atoms with Crippen LogP contribution in [0.5, 0.6) is 0 Å². The van der Waals surface area contributed by atoms with Crippen LogP contribution in [0.4, 0.5) is 13.2 Å².